The Morgan fingerprint density at radius 3 is 2.14 bits per heavy atom. The maximum atomic E-state index is 2.25. The van der Waals surface area contributed by atoms with Crippen molar-refractivity contribution < 1.29 is 0 Å². The van der Waals surface area contributed by atoms with Crippen molar-refractivity contribution in [2.75, 3.05) is 0 Å². The second-order valence-corrected chi connectivity index (χ2v) is 2.24. The lowest BCUT2D eigenvalue weighted by Crippen LogP contribution is -1.74. The summed E-state index contributed by atoms with van der Waals surface area (Å²) >= 11 is 0. The first-order valence-electron chi connectivity index (χ1n) is 2.69. The third kappa shape index (κ3) is 1.58. The molecule has 0 amide bonds. The molecule has 0 aromatic rings. The van der Waals surface area contributed by atoms with Gasteiger partial charge in [-0.3, -0.25) is 0 Å². The molecule has 0 heterocycles. The predicted molar refractivity (Wildman–Crippen MR) is 32.1 cm³/mol. The third-order valence-electron chi connectivity index (χ3n) is 0.885. The fourth-order valence-electron chi connectivity index (χ4n) is 0.544. The molecule has 1 aliphatic carbocycles. The summed E-state index contributed by atoms with van der Waals surface area (Å²) in [6, 6.07) is 0. The number of rotatable bonds is 1. The summed E-state index contributed by atoms with van der Waals surface area (Å²) < 4.78 is 0. The van der Waals surface area contributed by atoms with Gasteiger partial charge >= 0.3 is 0 Å². The average molecular weight is 94.2 g/mol. The number of hydrogen-bond acceptors (Lipinski definition) is 0. The van der Waals surface area contributed by atoms with Gasteiger partial charge in [0.25, 0.3) is 0 Å². The predicted octanol–water partition coefficient (Wildman–Crippen LogP) is 2.14. The van der Waals surface area contributed by atoms with E-state index in [4.69, 9.17) is 0 Å². The molecule has 1 aliphatic rings. The Morgan fingerprint density at radius 1 is 1.43 bits per heavy atom. The van der Waals surface area contributed by atoms with Gasteiger partial charge in [-0.05, 0) is 11.5 Å². The van der Waals surface area contributed by atoms with Gasteiger partial charge in [0.2, 0.25) is 0 Å². The number of allylic oxidation sites excluding steroid dienone is 4. The zero-order chi connectivity index (χ0) is 5.28. The largest absolute Gasteiger partial charge is 0.0747 e. The minimum atomic E-state index is 0.713. The first-order valence-corrected chi connectivity index (χ1v) is 2.69. The summed E-state index contributed by atoms with van der Waals surface area (Å²) in [5, 5.41) is 0. The Bertz CT molecular complexity index is 108. The quantitative estimate of drug-likeness (QED) is 0.467. The van der Waals surface area contributed by atoms with E-state index in [1.165, 1.54) is 5.57 Å². The Morgan fingerprint density at radius 2 is 2.00 bits per heavy atom. The van der Waals surface area contributed by atoms with Crippen molar-refractivity contribution in [3.63, 3.8) is 0 Å². The maximum Gasteiger partial charge on any atom is -0.0281 e. The zero-order valence-corrected chi connectivity index (χ0v) is 4.81. The maximum absolute atomic E-state index is 2.25. The van der Waals surface area contributed by atoms with Gasteiger partial charge in [-0.1, -0.05) is 32.1 Å². The molecular formula is C7H10. The monoisotopic (exact) mass is 94.1 g/mol. The van der Waals surface area contributed by atoms with Crippen LogP contribution in [-0.4, -0.2) is 0 Å². The van der Waals surface area contributed by atoms with Gasteiger partial charge in [0.1, 0.15) is 0 Å². The lowest BCUT2D eigenvalue weighted by molar-refractivity contribution is 0.830. The molecule has 0 bridgehead atoms. The number of hydrogen-bond donors (Lipinski definition) is 0. The average Bonchev–Trinajstić information content (AvgIpc) is 2.17. The summed E-state index contributed by atoms with van der Waals surface area (Å²) in [6.45, 7) is 4.38. The van der Waals surface area contributed by atoms with Crippen molar-refractivity contribution in [3.05, 3.63) is 23.8 Å². The summed E-state index contributed by atoms with van der Waals surface area (Å²) in [6.07, 6.45) is 6.50. The molecule has 0 saturated carbocycles. The van der Waals surface area contributed by atoms with Crippen LogP contribution >= 0.6 is 0 Å². The first kappa shape index (κ1) is 4.63. The van der Waals surface area contributed by atoms with Crippen LogP contribution in [0.3, 0.4) is 0 Å². The van der Waals surface area contributed by atoms with Crippen molar-refractivity contribution in [2.24, 2.45) is 5.92 Å². The van der Waals surface area contributed by atoms with Gasteiger partial charge in [-0.25, -0.2) is 0 Å². The van der Waals surface area contributed by atoms with E-state index in [0.717, 1.165) is 0 Å². The van der Waals surface area contributed by atoms with Crippen molar-refractivity contribution in [1.29, 1.82) is 0 Å². The van der Waals surface area contributed by atoms with Crippen LogP contribution in [0.2, 0.25) is 0 Å². The highest BCUT2D eigenvalue weighted by molar-refractivity contribution is 5.46. The summed E-state index contributed by atoms with van der Waals surface area (Å²) in [5.41, 5.74) is 1.41. The fourth-order valence-corrected chi connectivity index (χ4v) is 0.544. The van der Waals surface area contributed by atoms with Crippen molar-refractivity contribution in [2.45, 2.75) is 13.8 Å². The van der Waals surface area contributed by atoms with E-state index in [2.05, 4.69) is 32.1 Å². The van der Waals surface area contributed by atoms with Gasteiger partial charge < -0.3 is 0 Å². The van der Waals surface area contributed by atoms with Crippen LogP contribution in [-0.2, 0) is 0 Å². The SMILES string of the molecule is CC(C)C=C1C=C1. The van der Waals surface area contributed by atoms with Crippen LogP contribution in [0.1, 0.15) is 13.8 Å². The van der Waals surface area contributed by atoms with Crippen LogP contribution in [0.4, 0.5) is 0 Å². The van der Waals surface area contributed by atoms with Gasteiger partial charge in [-0.2, -0.15) is 0 Å². The molecular weight excluding hydrogens is 84.1 g/mol. The lowest BCUT2D eigenvalue weighted by atomic mass is 10.2. The molecule has 0 unspecified atom stereocenters. The molecule has 7 heavy (non-hydrogen) atoms. The molecule has 0 spiro atoms. The van der Waals surface area contributed by atoms with Crippen LogP contribution in [0.5, 0.6) is 0 Å². The molecule has 0 atom stereocenters. The van der Waals surface area contributed by atoms with E-state index in [1.54, 1.807) is 0 Å². The first-order chi connectivity index (χ1) is 3.29. The Hall–Kier alpha value is -0.520. The highest BCUT2D eigenvalue weighted by Gasteiger charge is 1.97. The van der Waals surface area contributed by atoms with Crippen molar-refractivity contribution in [3.8, 4) is 0 Å². The minimum Gasteiger partial charge on any atom is -0.0747 e. The zero-order valence-electron chi connectivity index (χ0n) is 4.81. The minimum absolute atomic E-state index is 0.713. The van der Waals surface area contributed by atoms with Crippen molar-refractivity contribution >= 4 is 0 Å². The molecule has 0 aromatic carbocycles. The standard InChI is InChI=1S/C7H10/c1-6(2)5-7-3-4-7/h3-6H,1-2H3. The molecule has 0 fully saturated rings. The van der Waals surface area contributed by atoms with E-state index in [-0.39, 0.29) is 0 Å². The molecule has 1 rings (SSSR count). The smallest absolute Gasteiger partial charge is 0.0281 e. The molecule has 0 radical (unpaired) electrons. The van der Waals surface area contributed by atoms with Gasteiger partial charge in [0.15, 0.2) is 0 Å². The molecule has 0 aliphatic heterocycles. The van der Waals surface area contributed by atoms with Gasteiger partial charge in [0, 0.05) is 0 Å². The molecule has 0 aromatic heterocycles. The van der Waals surface area contributed by atoms with E-state index in [9.17, 15) is 0 Å². The van der Waals surface area contributed by atoms with E-state index in [0.29, 0.717) is 5.92 Å². The van der Waals surface area contributed by atoms with E-state index < -0.39 is 0 Å². The van der Waals surface area contributed by atoms with Crippen LogP contribution in [0.15, 0.2) is 23.8 Å². The van der Waals surface area contributed by atoms with Gasteiger partial charge in [-0.15, -0.1) is 0 Å². The molecule has 0 saturated heterocycles. The van der Waals surface area contributed by atoms with Crippen molar-refractivity contribution in [1.82, 2.24) is 0 Å². The van der Waals surface area contributed by atoms with Crippen LogP contribution in [0, 0.1) is 5.92 Å². The third-order valence-corrected chi connectivity index (χ3v) is 0.885. The fraction of sp³-hybridized carbons (Fsp3) is 0.429. The highest BCUT2D eigenvalue weighted by atomic mass is 14.0. The molecule has 0 nitrogen and oxygen atoms in total. The molecule has 0 heteroatoms. The van der Waals surface area contributed by atoms with E-state index >= 15 is 0 Å². The Kier molecular flexibility index (Phi) is 1.01. The lowest BCUT2D eigenvalue weighted by Gasteiger charge is -1.88. The topological polar surface area (TPSA) is 0 Å². The second kappa shape index (κ2) is 1.53. The Balaban J connectivity index is 2.33. The summed E-state index contributed by atoms with van der Waals surface area (Å²) in [4.78, 5) is 0. The van der Waals surface area contributed by atoms with Crippen LogP contribution < -0.4 is 0 Å². The second-order valence-electron chi connectivity index (χ2n) is 2.24. The van der Waals surface area contributed by atoms with E-state index in [1.807, 2.05) is 0 Å². The van der Waals surface area contributed by atoms with Crippen LogP contribution in [0.25, 0.3) is 0 Å². The molecule has 38 valence electrons. The van der Waals surface area contributed by atoms with Gasteiger partial charge in [0.05, 0.1) is 0 Å². The normalized spacial score (nSPS) is 15.6. The summed E-state index contributed by atoms with van der Waals surface area (Å²) in [5.74, 6) is 0.713. The Labute approximate surface area is 44.5 Å². The summed E-state index contributed by atoms with van der Waals surface area (Å²) in [7, 11) is 0. The highest BCUT2D eigenvalue weighted by Crippen LogP contribution is 2.15. The molecule has 0 N–H and O–H groups in total.